The van der Waals surface area contributed by atoms with Crippen LogP contribution in [0.4, 0.5) is 0 Å². The summed E-state index contributed by atoms with van der Waals surface area (Å²) in [6.45, 7) is 12.0. The molecule has 0 aromatic carbocycles. The lowest BCUT2D eigenvalue weighted by Gasteiger charge is -2.21. The van der Waals surface area contributed by atoms with Crippen LogP contribution in [0.1, 0.15) is 402 Å². The highest BCUT2D eigenvalue weighted by Gasteiger charge is 2.30. The number of hydrogen-bond donors (Lipinski definition) is 3. The van der Waals surface area contributed by atoms with E-state index in [0.717, 1.165) is 108 Å². The van der Waals surface area contributed by atoms with E-state index in [1.807, 2.05) is 0 Å². The number of esters is 4. The molecule has 0 saturated heterocycles. The third-order valence-corrected chi connectivity index (χ3v) is 21.1. The van der Waals surface area contributed by atoms with Crippen molar-refractivity contribution >= 4 is 39.5 Å². The molecule has 0 rings (SSSR count). The molecule has 0 aliphatic rings. The Balaban J connectivity index is 5.20. The Morgan fingerprint density at radius 2 is 0.495 bits per heavy atom. The fraction of sp³-hybridized carbons (Fsp3) is 0.949. The van der Waals surface area contributed by atoms with E-state index in [0.29, 0.717) is 25.7 Å². The lowest BCUT2D eigenvalue weighted by Crippen LogP contribution is -2.30. The molecule has 0 spiro atoms. The van der Waals surface area contributed by atoms with Crippen LogP contribution in [0.3, 0.4) is 0 Å². The van der Waals surface area contributed by atoms with Gasteiger partial charge >= 0.3 is 39.5 Å². The first-order valence-electron chi connectivity index (χ1n) is 40.5. The summed E-state index contributed by atoms with van der Waals surface area (Å²) in [6.07, 6.45) is 55.4. The van der Waals surface area contributed by atoms with Crippen molar-refractivity contribution < 1.29 is 80.2 Å². The van der Waals surface area contributed by atoms with Gasteiger partial charge in [-0.1, -0.05) is 350 Å². The molecule has 0 fully saturated rings. The first kappa shape index (κ1) is 95.1. The summed E-state index contributed by atoms with van der Waals surface area (Å²) in [5.41, 5.74) is 0. The maximum absolute atomic E-state index is 13.1. The molecule has 0 radical (unpaired) electrons. The third kappa shape index (κ3) is 68.3. The summed E-state index contributed by atoms with van der Waals surface area (Å²) in [4.78, 5) is 72.8. The molecule has 0 aliphatic heterocycles. The highest BCUT2D eigenvalue weighted by molar-refractivity contribution is 7.47. The number of phosphoric acid groups is 2. The van der Waals surface area contributed by atoms with Gasteiger partial charge in [0, 0.05) is 25.7 Å². The van der Waals surface area contributed by atoms with Crippen LogP contribution < -0.4 is 0 Å². The molecule has 3 N–H and O–H groups in total. The summed E-state index contributed by atoms with van der Waals surface area (Å²) < 4.78 is 68.6. The molecule has 0 aliphatic carbocycles. The Labute approximate surface area is 594 Å². The number of rotatable bonds is 76. The Morgan fingerprint density at radius 3 is 0.732 bits per heavy atom. The van der Waals surface area contributed by atoms with E-state index in [2.05, 4.69) is 48.5 Å². The van der Waals surface area contributed by atoms with Gasteiger partial charge in [0.15, 0.2) is 12.2 Å². The van der Waals surface area contributed by atoms with Crippen molar-refractivity contribution in [2.24, 2.45) is 17.8 Å². The van der Waals surface area contributed by atoms with Crippen LogP contribution in [-0.4, -0.2) is 96.7 Å². The van der Waals surface area contributed by atoms with E-state index in [1.165, 1.54) is 212 Å². The SMILES string of the molecule is CCCCCCCCCCCCCC(=O)OC[C@H](COP(=O)(O)OC[C@H](O)COP(=O)(O)OC[C@@H](COC(=O)CCCCCCCCCCC(C)CC)OC(=O)CCCCCCCCCCCCCCCCCCCCC(C)CC)OC(=O)CCCCCCCCCCC(C)CC. The average Bonchev–Trinajstić information content (AvgIpc) is 1.28. The average molecular weight is 1420 g/mol. The number of aliphatic hydroxyl groups is 1. The molecular formula is C78H152O17P2. The van der Waals surface area contributed by atoms with Gasteiger partial charge in [-0.3, -0.25) is 37.3 Å². The van der Waals surface area contributed by atoms with E-state index < -0.39 is 97.5 Å². The third-order valence-electron chi connectivity index (χ3n) is 19.2. The monoisotopic (exact) mass is 1420 g/mol. The van der Waals surface area contributed by atoms with Gasteiger partial charge in [0.2, 0.25) is 0 Å². The summed E-state index contributed by atoms with van der Waals surface area (Å²) in [6, 6.07) is 0. The molecule has 0 saturated carbocycles. The maximum Gasteiger partial charge on any atom is 0.472 e. The van der Waals surface area contributed by atoms with Gasteiger partial charge < -0.3 is 33.8 Å². The van der Waals surface area contributed by atoms with Gasteiger partial charge in [-0.15, -0.1) is 0 Å². The molecule has 0 heterocycles. The van der Waals surface area contributed by atoms with E-state index in [-0.39, 0.29) is 25.7 Å². The van der Waals surface area contributed by atoms with Crippen molar-refractivity contribution in [2.45, 2.75) is 420 Å². The summed E-state index contributed by atoms with van der Waals surface area (Å²) >= 11 is 0. The molecule has 8 atom stereocenters. The van der Waals surface area contributed by atoms with Gasteiger partial charge in [0.05, 0.1) is 26.4 Å². The molecule has 17 nitrogen and oxygen atoms in total. The van der Waals surface area contributed by atoms with Crippen molar-refractivity contribution in [1.29, 1.82) is 0 Å². The van der Waals surface area contributed by atoms with Gasteiger partial charge in [-0.05, 0) is 43.4 Å². The minimum Gasteiger partial charge on any atom is -0.462 e. The lowest BCUT2D eigenvalue weighted by atomic mass is 9.99. The number of hydrogen-bond acceptors (Lipinski definition) is 15. The van der Waals surface area contributed by atoms with Crippen LogP contribution in [0.5, 0.6) is 0 Å². The van der Waals surface area contributed by atoms with Crippen LogP contribution in [0.2, 0.25) is 0 Å². The van der Waals surface area contributed by atoms with Gasteiger partial charge in [-0.25, -0.2) is 9.13 Å². The van der Waals surface area contributed by atoms with Crippen LogP contribution in [-0.2, 0) is 65.4 Å². The van der Waals surface area contributed by atoms with Crippen molar-refractivity contribution in [3.05, 3.63) is 0 Å². The molecular weight excluding hydrogens is 1270 g/mol. The van der Waals surface area contributed by atoms with Gasteiger partial charge in [0.25, 0.3) is 0 Å². The molecule has 19 heteroatoms. The minimum absolute atomic E-state index is 0.105. The Morgan fingerprint density at radius 1 is 0.289 bits per heavy atom. The zero-order valence-electron chi connectivity index (χ0n) is 63.5. The second-order valence-electron chi connectivity index (χ2n) is 28.8. The number of phosphoric ester groups is 2. The molecule has 5 unspecified atom stereocenters. The lowest BCUT2D eigenvalue weighted by molar-refractivity contribution is -0.161. The fourth-order valence-electron chi connectivity index (χ4n) is 11.9. The van der Waals surface area contributed by atoms with Crippen LogP contribution >= 0.6 is 15.6 Å². The van der Waals surface area contributed by atoms with E-state index in [4.69, 9.17) is 37.0 Å². The fourth-order valence-corrected chi connectivity index (χ4v) is 13.4. The van der Waals surface area contributed by atoms with Crippen molar-refractivity contribution in [3.8, 4) is 0 Å². The predicted molar refractivity (Wildman–Crippen MR) is 395 cm³/mol. The summed E-state index contributed by atoms with van der Waals surface area (Å²) in [5.74, 6) is 0.301. The molecule has 0 amide bonds. The smallest absolute Gasteiger partial charge is 0.462 e. The van der Waals surface area contributed by atoms with Crippen molar-refractivity contribution in [2.75, 3.05) is 39.6 Å². The molecule has 97 heavy (non-hydrogen) atoms. The Kier molecular flexibility index (Phi) is 67.1. The second kappa shape index (κ2) is 68.5. The highest BCUT2D eigenvalue weighted by Crippen LogP contribution is 2.45. The zero-order valence-corrected chi connectivity index (χ0v) is 65.3. The van der Waals surface area contributed by atoms with Gasteiger partial charge in [-0.2, -0.15) is 0 Å². The summed E-state index contributed by atoms with van der Waals surface area (Å²) in [5, 5.41) is 10.6. The van der Waals surface area contributed by atoms with Crippen LogP contribution in [0, 0.1) is 17.8 Å². The van der Waals surface area contributed by atoms with Gasteiger partial charge in [0.1, 0.15) is 19.3 Å². The first-order chi connectivity index (χ1) is 46.8. The van der Waals surface area contributed by atoms with Crippen molar-refractivity contribution in [3.63, 3.8) is 0 Å². The van der Waals surface area contributed by atoms with Crippen LogP contribution in [0.15, 0.2) is 0 Å². The topological polar surface area (TPSA) is 237 Å². The number of carbonyl (C=O) groups is 4. The second-order valence-corrected chi connectivity index (χ2v) is 31.7. The molecule has 0 aromatic heterocycles. The largest absolute Gasteiger partial charge is 0.472 e. The van der Waals surface area contributed by atoms with E-state index in [1.54, 1.807) is 0 Å². The Bertz CT molecular complexity index is 1890. The van der Waals surface area contributed by atoms with E-state index >= 15 is 0 Å². The number of unbranched alkanes of at least 4 members (excludes halogenated alkanes) is 41. The molecule has 0 aromatic rings. The zero-order chi connectivity index (χ0) is 71.6. The standard InChI is InChI=1S/C78H152O17P2/c1-8-12-13-14-15-16-25-29-38-45-52-59-75(80)88-65-74(95-78(83)62-55-48-41-34-32-37-44-51-58-71(7)11-4)68-93-97(86,87)91-64-72(79)63-90-96(84,85)92-67-73(66-89-76(81)60-53-46-39-33-31-36-43-50-57-70(6)10-3)94-77(82)61-54-47-40-30-27-24-22-20-18-17-19-21-23-26-28-35-42-49-56-69(5)9-2/h69-74,79H,8-68H2,1-7H3,(H,84,85)(H,86,87)/t69?,70?,71?,72-,73-,74-/m1/s1. The Hall–Kier alpha value is -1.94. The summed E-state index contributed by atoms with van der Waals surface area (Å²) in [7, 11) is -9.91. The maximum atomic E-state index is 13.1. The number of carbonyl (C=O) groups excluding carboxylic acids is 4. The minimum atomic E-state index is -4.96. The first-order valence-corrected chi connectivity index (χ1v) is 43.5. The highest BCUT2D eigenvalue weighted by atomic mass is 31.2. The number of aliphatic hydroxyl groups excluding tert-OH is 1. The molecule has 576 valence electrons. The number of ether oxygens (including phenoxy) is 4. The van der Waals surface area contributed by atoms with E-state index in [9.17, 15) is 43.2 Å². The molecule has 0 bridgehead atoms. The quantitative estimate of drug-likeness (QED) is 0.0222. The normalized spacial score (nSPS) is 14.9. The predicted octanol–water partition coefficient (Wildman–Crippen LogP) is 23.0. The van der Waals surface area contributed by atoms with Crippen LogP contribution in [0.25, 0.3) is 0 Å². The van der Waals surface area contributed by atoms with Crippen molar-refractivity contribution in [1.82, 2.24) is 0 Å².